The van der Waals surface area contributed by atoms with E-state index in [0.717, 1.165) is 74.6 Å². The van der Waals surface area contributed by atoms with Crippen LogP contribution in [-0.4, -0.2) is 89.8 Å². The number of rotatable bonds is 6. The van der Waals surface area contributed by atoms with E-state index in [1.54, 1.807) is 24.3 Å². The molecule has 2 fully saturated rings. The molecule has 9 nitrogen and oxygen atoms in total. The van der Waals surface area contributed by atoms with Gasteiger partial charge in [0.15, 0.2) is 0 Å². The lowest BCUT2D eigenvalue weighted by molar-refractivity contribution is -0.110. The van der Waals surface area contributed by atoms with Crippen LogP contribution in [0.2, 0.25) is 0 Å². The van der Waals surface area contributed by atoms with E-state index in [9.17, 15) is 14.4 Å². The third-order valence-corrected chi connectivity index (χ3v) is 9.50. The van der Waals surface area contributed by atoms with Gasteiger partial charge in [0.1, 0.15) is 0 Å². The fraction of sp³-hybridized carbons (Fsp3) is 0.400. The quantitative estimate of drug-likeness (QED) is 0.366. The molecule has 0 spiro atoms. The number of piperazine rings is 1. The minimum Gasteiger partial charge on any atom is -0.358 e. The predicted octanol–water partition coefficient (Wildman–Crippen LogP) is 4.47. The van der Waals surface area contributed by atoms with Crippen LogP contribution < -0.4 is 10.6 Å². The highest BCUT2D eigenvalue weighted by molar-refractivity contribution is 6.35. The van der Waals surface area contributed by atoms with Crippen molar-refractivity contribution < 1.29 is 14.4 Å². The summed E-state index contributed by atoms with van der Waals surface area (Å²) in [7, 11) is 2.17. The number of benzene rings is 2. The van der Waals surface area contributed by atoms with Crippen LogP contribution in [0.3, 0.4) is 0 Å². The average molecular weight is 595 g/mol. The van der Waals surface area contributed by atoms with E-state index < -0.39 is 0 Å². The molecule has 9 heteroatoms. The Morgan fingerprint density at radius 2 is 1.68 bits per heavy atom. The second-order valence-electron chi connectivity index (χ2n) is 12.4. The Labute approximate surface area is 259 Å². The number of likely N-dealkylation sites (N-methyl/N-ethyl adjacent to an activating group) is 1. The molecule has 1 atom stereocenters. The minimum atomic E-state index is -0.235. The molecule has 2 saturated heterocycles. The summed E-state index contributed by atoms with van der Waals surface area (Å²) in [5, 5.41) is 5.96. The number of fused-ring (bicyclic) bond motifs is 1. The van der Waals surface area contributed by atoms with Crippen LogP contribution in [0.5, 0.6) is 0 Å². The summed E-state index contributed by atoms with van der Waals surface area (Å²) in [6, 6.07) is 15.4. The molecule has 3 aliphatic heterocycles. The van der Waals surface area contributed by atoms with Crippen molar-refractivity contribution in [3.05, 3.63) is 87.7 Å². The van der Waals surface area contributed by atoms with Crippen molar-refractivity contribution in [1.29, 1.82) is 0 Å². The van der Waals surface area contributed by atoms with Crippen LogP contribution in [0, 0.1) is 13.8 Å². The molecule has 0 radical (unpaired) electrons. The second kappa shape index (κ2) is 12.4. The van der Waals surface area contributed by atoms with Gasteiger partial charge in [0, 0.05) is 73.5 Å². The minimum absolute atomic E-state index is 0.0421. The Kier molecular flexibility index (Phi) is 8.42. The number of carbonyl (C=O) groups is 3. The van der Waals surface area contributed by atoms with Gasteiger partial charge in [0.05, 0.1) is 17.2 Å². The number of amides is 3. The van der Waals surface area contributed by atoms with E-state index in [4.69, 9.17) is 0 Å². The largest absolute Gasteiger partial charge is 0.358 e. The molecule has 2 aromatic carbocycles. The molecule has 3 aliphatic rings. The Morgan fingerprint density at radius 3 is 2.39 bits per heavy atom. The zero-order valence-electron chi connectivity index (χ0n) is 26.1. The van der Waals surface area contributed by atoms with Crippen LogP contribution in [0.1, 0.15) is 74.6 Å². The van der Waals surface area contributed by atoms with Crippen molar-refractivity contribution in [1.82, 2.24) is 25.0 Å². The maximum Gasteiger partial charge on any atom is 0.256 e. The third-order valence-electron chi connectivity index (χ3n) is 9.50. The van der Waals surface area contributed by atoms with E-state index in [2.05, 4.69) is 32.5 Å². The number of aryl methyl sites for hydroxylation is 1. The zero-order valence-corrected chi connectivity index (χ0v) is 26.1. The SMILES string of the molecule is Cc1[nH]c(C=C2C(=O)Nc3ccc(C(=O)N[C@H](C)c4ccccc4)cc32)c(C)c1C(=O)N1CCC(N2CCN(C)CC2)CC1. The van der Waals surface area contributed by atoms with E-state index in [-0.39, 0.29) is 23.8 Å². The lowest BCUT2D eigenvalue weighted by Crippen LogP contribution is -2.53. The van der Waals surface area contributed by atoms with Gasteiger partial charge in [-0.25, -0.2) is 0 Å². The van der Waals surface area contributed by atoms with Crippen molar-refractivity contribution in [2.45, 2.75) is 45.7 Å². The first-order chi connectivity index (χ1) is 21.2. The summed E-state index contributed by atoms with van der Waals surface area (Å²) in [4.78, 5) is 50.2. The van der Waals surface area contributed by atoms with Crippen LogP contribution in [0.25, 0.3) is 11.6 Å². The van der Waals surface area contributed by atoms with E-state index in [0.29, 0.717) is 34.0 Å². The van der Waals surface area contributed by atoms with Gasteiger partial charge in [-0.15, -0.1) is 0 Å². The molecule has 44 heavy (non-hydrogen) atoms. The summed E-state index contributed by atoms with van der Waals surface area (Å²) >= 11 is 0. The summed E-state index contributed by atoms with van der Waals surface area (Å²) in [5.41, 5.74) is 6.30. The van der Waals surface area contributed by atoms with Crippen molar-refractivity contribution in [2.75, 3.05) is 51.6 Å². The standard InChI is InChI=1S/C35H42N6O3/c1-22-31(36-24(3)32(22)35(44)41-14-12-27(13-15-41)40-18-16-39(4)17-19-40)21-29-28-20-26(10-11-30(28)38-34(29)43)33(42)37-23(2)25-8-6-5-7-9-25/h5-11,20-21,23,27,36H,12-19H2,1-4H3,(H,37,42)(H,38,43)/t23-/m1/s1. The molecule has 1 aromatic heterocycles. The van der Waals surface area contributed by atoms with Gasteiger partial charge in [-0.05, 0) is 76.1 Å². The first-order valence-electron chi connectivity index (χ1n) is 15.6. The molecule has 6 rings (SSSR count). The first kappa shape index (κ1) is 29.8. The number of carbonyl (C=O) groups excluding carboxylic acids is 3. The molecule has 3 N–H and O–H groups in total. The van der Waals surface area contributed by atoms with Crippen LogP contribution >= 0.6 is 0 Å². The Hall–Kier alpha value is -4.21. The van der Waals surface area contributed by atoms with Gasteiger partial charge in [-0.1, -0.05) is 30.3 Å². The number of piperidine rings is 1. The maximum absolute atomic E-state index is 13.7. The molecule has 230 valence electrons. The average Bonchev–Trinajstić information content (AvgIpc) is 3.50. The molecular weight excluding hydrogens is 552 g/mol. The highest BCUT2D eigenvalue weighted by Gasteiger charge is 2.31. The van der Waals surface area contributed by atoms with Crippen LogP contribution in [0.4, 0.5) is 5.69 Å². The Balaban J connectivity index is 1.18. The lowest BCUT2D eigenvalue weighted by Gasteiger charge is -2.42. The number of H-pyrrole nitrogens is 1. The third kappa shape index (κ3) is 5.94. The fourth-order valence-electron chi connectivity index (χ4n) is 6.74. The molecule has 3 aromatic rings. The Morgan fingerprint density at radius 1 is 0.977 bits per heavy atom. The molecular formula is C35H42N6O3. The molecule has 0 bridgehead atoms. The second-order valence-corrected chi connectivity index (χ2v) is 12.4. The number of nitrogens with one attached hydrogen (secondary N) is 3. The number of hydrogen-bond acceptors (Lipinski definition) is 5. The monoisotopic (exact) mass is 594 g/mol. The van der Waals surface area contributed by atoms with Gasteiger partial charge in [0.25, 0.3) is 17.7 Å². The summed E-state index contributed by atoms with van der Waals surface area (Å²) in [6.07, 6.45) is 3.78. The van der Waals surface area contributed by atoms with Crippen LogP contribution in [0.15, 0.2) is 48.5 Å². The summed E-state index contributed by atoms with van der Waals surface area (Å²) in [6.45, 7) is 11.7. The summed E-state index contributed by atoms with van der Waals surface area (Å²) < 4.78 is 0. The van der Waals surface area contributed by atoms with Crippen molar-refractivity contribution in [2.24, 2.45) is 0 Å². The van der Waals surface area contributed by atoms with E-state index >= 15 is 0 Å². The van der Waals surface area contributed by atoms with Crippen molar-refractivity contribution in [3.63, 3.8) is 0 Å². The van der Waals surface area contributed by atoms with Gasteiger partial charge >= 0.3 is 0 Å². The highest BCUT2D eigenvalue weighted by Crippen LogP contribution is 2.35. The van der Waals surface area contributed by atoms with Gasteiger partial charge in [0.2, 0.25) is 0 Å². The number of aromatic nitrogens is 1. The van der Waals surface area contributed by atoms with Crippen molar-refractivity contribution >= 4 is 35.1 Å². The van der Waals surface area contributed by atoms with E-state index in [1.165, 1.54) is 0 Å². The lowest BCUT2D eigenvalue weighted by atomic mass is 9.99. The molecule has 0 saturated carbocycles. The smallest absolute Gasteiger partial charge is 0.256 e. The molecule has 0 unspecified atom stereocenters. The summed E-state index contributed by atoms with van der Waals surface area (Å²) in [5.74, 6) is -0.403. The zero-order chi connectivity index (χ0) is 31.0. The molecule has 0 aliphatic carbocycles. The number of anilines is 1. The first-order valence-corrected chi connectivity index (χ1v) is 15.6. The number of aromatic amines is 1. The van der Waals surface area contributed by atoms with Crippen LogP contribution in [-0.2, 0) is 4.79 Å². The predicted molar refractivity (Wildman–Crippen MR) is 174 cm³/mol. The topological polar surface area (TPSA) is 101 Å². The fourth-order valence-corrected chi connectivity index (χ4v) is 6.74. The maximum atomic E-state index is 13.7. The molecule has 4 heterocycles. The van der Waals surface area contributed by atoms with E-state index in [1.807, 2.05) is 56.0 Å². The van der Waals surface area contributed by atoms with Gasteiger partial charge < -0.3 is 25.4 Å². The highest BCUT2D eigenvalue weighted by atomic mass is 16.2. The van der Waals surface area contributed by atoms with Crippen molar-refractivity contribution in [3.8, 4) is 0 Å². The van der Waals surface area contributed by atoms with Gasteiger partial charge in [-0.2, -0.15) is 0 Å². The number of hydrogen-bond donors (Lipinski definition) is 3. The number of likely N-dealkylation sites (tertiary alicyclic amines) is 1. The normalized spacial score (nSPS) is 19.6. The van der Waals surface area contributed by atoms with Gasteiger partial charge in [-0.3, -0.25) is 19.3 Å². The molecule has 3 amide bonds. The number of nitrogens with zero attached hydrogens (tertiary/aromatic N) is 3. The Bertz CT molecular complexity index is 1590.